The first kappa shape index (κ1) is 22.1. The molecule has 0 aliphatic carbocycles. The number of benzene rings is 2. The average molecular weight is 444 g/mol. The maximum Gasteiger partial charge on any atom is 0.123 e. The van der Waals surface area contributed by atoms with Gasteiger partial charge < -0.3 is 9.84 Å². The van der Waals surface area contributed by atoms with E-state index in [1.54, 1.807) is 12.4 Å². The smallest absolute Gasteiger partial charge is 0.123 e. The van der Waals surface area contributed by atoms with E-state index in [0.717, 1.165) is 76.5 Å². The number of pyridine rings is 1. The Bertz CT molecular complexity index is 1030. The average Bonchev–Trinajstić information content (AvgIpc) is 3.07. The van der Waals surface area contributed by atoms with Gasteiger partial charge in [-0.1, -0.05) is 42.5 Å². The predicted molar refractivity (Wildman–Crippen MR) is 130 cm³/mol. The zero-order valence-electron chi connectivity index (χ0n) is 19.2. The lowest BCUT2D eigenvalue weighted by Gasteiger charge is -2.38. The minimum absolute atomic E-state index is 0.736. The van der Waals surface area contributed by atoms with Gasteiger partial charge in [0.05, 0.1) is 5.60 Å². The van der Waals surface area contributed by atoms with Crippen molar-refractivity contribution >= 4 is 0 Å². The SMILES string of the molecule is OC1(c2cccnc2)CCN(Cc2ccc3c(c2)CN(CCc2ccccc2)CCO3)CC1. The van der Waals surface area contributed by atoms with Crippen molar-refractivity contribution < 1.29 is 9.84 Å². The van der Waals surface area contributed by atoms with E-state index >= 15 is 0 Å². The summed E-state index contributed by atoms with van der Waals surface area (Å²) >= 11 is 0. The molecule has 1 fully saturated rings. The molecule has 3 aromatic rings. The topological polar surface area (TPSA) is 48.8 Å². The molecule has 0 radical (unpaired) electrons. The Morgan fingerprint density at radius 1 is 0.909 bits per heavy atom. The van der Waals surface area contributed by atoms with Crippen molar-refractivity contribution in [2.24, 2.45) is 0 Å². The lowest BCUT2D eigenvalue weighted by atomic mass is 9.85. The lowest BCUT2D eigenvalue weighted by Crippen LogP contribution is -2.42. The van der Waals surface area contributed by atoms with E-state index in [1.165, 1.54) is 16.7 Å². The standard InChI is InChI=1S/C28H33N3O2/c32-28(26-7-4-13-29-20-26)11-15-31(16-12-28)21-24-8-9-27-25(19-24)22-30(17-18-33-27)14-10-23-5-2-1-3-6-23/h1-9,13,19-20,32H,10-12,14-18,21-22H2. The predicted octanol–water partition coefficient (Wildman–Crippen LogP) is 4.00. The highest BCUT2D eigenvalue weighted by Crippen LogP contribution is 2.33. The number of nitrogens with zero attached hydrogens (tertiary/aromatic N) is 3. The molecular formula is C28H33N3O2. The van der Waals surface area contributed by atoms with E-state index in [-0.39, 0.29) is 0 Å². The number of rotatable bonds is 6. The van der Waals surface area contributed by atoms with Crippen molar-refractivity contribution in [2.45, 2.75) is 38.0 Å². The van der Waals surface area contributed by atoms with Gasteiger partial charge in [-0.2, -0.15) is 0 Å². The number of aromatic nitrogens is 1. The van der Waals surface area contributed by atoms with Gasteiger partial charge in [0.2, 0.25) is 0 Å². The number of likely N-dealkylation sites (tertiary alicyclic amines) is 1. The summed E-state index contributed by atoms with van der Waals surface area (Å²) in [5.41, 5.74) is 4.15. The van der Waals surface area contributed by atoms with Gasteiger partial charge in [-0.05, 0) is 48.6 Å². The monoisotopic (exact) mass is 443 g/mol. The molecule has 2 aliphatic rings. The molecule has 0 bridgehead atoms. The van der Waals surface area contributed by atoms with Crippen LogP contribution in [0, 0.1) is 0 Å². The first-order valence-corrected chi connectivity index (χ1v) is 12.0. The fourth-order valence-electron chi connectivity index (χ4n) is 4.99. The molecule has 0 atom stereocenters. The molecule has 5 heteroatoms. The van der Waals surface area contributed by atoms with Crippen LogP contribution >= 0.6 is 0 Å². The van der Waals surface area contributed by atoms with Crippen LogP contribution in [0.2, 0.25) is 0 Å². The number of piperidine rings is 1. The van der Waals surface area contributed by atoms with Crippen LogP contribution in [0.4, 0.5) is 0 Å². The molecule has 5 rings (SSSR count). The van der Waals surface area contributed by atoms with Crippen LogP contribution in [-0.2, 0) is 25.1 Å². The Morgan fingerprint density at radius 3 is 2.55 bits per heavy atom. The second-order valence-corrected chi connectivity index (χ2v) is 9.35. The van der Waals surface area contributed by atoms with Crippen molar-refractivity contribution in [3.05, 3.63) is 95.3 Å². The van der Waals surface area contributed by atoms with Crippen LogP contribution < -0.4 is 4.74 Å². The van der Waals surface area contributed by atoms with Crippen LogP contribution in [0.1, 0.15) is 35.1 Å². The fourth-order valence-corrected chi connectivity index (χ4v) is 4.99. The van der Waals surface area contributed by atoms with Gasteiger partial charge in [-0.3, -0.25) is 14.8 Å². The third-order valence-electron chi connectivity index (χ3n) is 7.03. The molecule has 1 N–H and O–H groups in total. The molecule has 33 heavy (non-hydrogen) atoms. The molecule has 3 heterocycles. The van der Waals surface area contributed by atoms with Crippen LogP contribution in [-0.4, -0.2) is 52.7 Å². The van der Waals surface area contributed by atoms with Gasteiger partial charge in [-0.25, -0.2) is 0 Å². The zero-order valence-corrected chi connectivity index (χ0v) is 19.2. The van der Waals surface area contributed by atoms with Gasteiger partial charge in [0.1, 0.15) is 12.4 Å². The quantitative estimate of drug-likeness (QED) is 0.624. The van der Waals surface area contributed by atoms with E-state index in [0.29, 0.717) is 0 Å². The second-order valence-electron chi connectivity index (χ2n) is 9.35. The van der Waals surface area contributed by atoms with Gasteiger partial charge in [0.15, 0.2) is 0 Å². The molecular weight excluding hydrogens is 410 g/mol. The Hall–Kier alpha value is -2.73. The Morgan fingerprint density at radius 2 is 1.76 bits per heavy atom. The van der Waals surface area contributed by atoms with E-state index in [2.05, 4.69) is 63.3 Å². The Kier molecular flexibility index (Phi) is 6.72. The highest BCUT2D eigenvalue weighted by molar-refractivity contribution is 5.38. The maximum absolute atomic E-state index is 11.1. The molecule has 0 saturated carbocycles. The lowest BCUT2D eigenvalue weighted by molar-refractivity contribution is -0.0279. The molecule has 172 valence electrons. The summed E-state index contributed by atoms with van der Waals surface area (Å²) in [5, 5.41) is 11.1. The summed E-state index contributed by atoms with van der Waals surface area (Å²) < 4.78 is 6.06. The van der Waals surface area contributed by atoms with Gasteiger partial charge in [0.25, 0.3) is 0 Å². The van der Waals surface area contributed by atoms with Crippen molar-refractivity contribution in [1.29, 1.82) is 0 Å². The minimum Gasteiger partial charge on any atom is -0.492 e. The first-order chi connectivity index (χ1) is 16.2. The number of aliphatic hydroxyl groups is 1. The Balaban J connectivity index is 1.19. The number of hydrogen-bond donors (Lipinski definition) is 1. The molecule has 1 aromatic heterocycles. The number of hydrogen-bond acceptors (Lipinski definition) is 5. The molecule has 0 unspecified atom stereocenters. The van der Waals surface area contributed by atoms with Crippen LogP contribution in [0.5, 0.6) is 5.75 Å². The molecule has 5 nitrogen and oxygen atoms in total. The van der Waals surface area contributed by atoms with Gasteiger partial charge in [-0.15, -0.1) is 0 Å². The van der Waals surface area contributed by atoms with E-state index in [9.17, 15) is 5.11 Å². The third-order valence-corrected chi connectivity index (χ3v) is 7.03. The molecule has 0 spiro atoms. The molecule has 1 saturated heterocycles. The molecule has 2 aliphatic heterocycles. The summed E-state index contributed by atoms with van der Waals surface area (Å²) in [6, 6.07) is 21.2. The Labute approximate surface area is 196 Å². The van der Waals surface area contributed by atoms with Crippen LogP contribution in [0.3, 0.4) is 0 Å². The van der Waals surface area contributed by atoms with Crippen molar-refractivity contribution in [3.8, 4) is 5.75 Å². The molecule has 0 amide bonds. The number of ether oxygens (including phenoxy) is 1. The van der Waals surface area contributed by atoms with E-state index in [4.69, 9.17) is 4.74 Å². The summed E-state index contributed by atoms with van der Waals surface area (Å²) in [4.78, 5) is 9.13. The van der Waals surface area contributed by atoms with Crippen molar-refractivity contribution in [2.75, 3.05) is 32.8 Å². The van der Waals surface area contributed by atoms with Crippen LogP contribution in [0.25, 0.3) is 0 Å². The summed E-state index contributed by atoms with van der Waals surface area (Å²) in [6.07, 6.45) is 6.09. The zero-order chi connectivity index (χ0) is 22.5. The number of fused-ring (bicyclic) bond motifs is 1. The van der Waals surface area contributed by atoms with Crippen molar-refractivity contribution in [3.63, 3.8) is 0 Å². The largest absolute Gasteiger partial charge is 0.492 e. The van der Waals surface area contributed by atoms with E-state index in [1.807, 2.05) is 12.1 Å². The highest BCUT2D eigenvalue weighted by atomic mass is 16.5. The summed E-state index contributed by atoms with van der Waals surface area (Å²) in [7, 11) is 0. The molecule has 2 aromatic carbocycles. The summed E-state index contributed by atoms with van der Waals surface area (Å²) in [5.74, 6) is 1.02. The fraction of sp³-hybridized carbons (Fsp3) is 0.393. The van der Waals surface area contributed by atoms with Gasteiger partial charge in [0, 0.05) is 62.8 Å². The summed E-state index contributed by atoms with van der Waals surface area (Å²) in [6.45, 7) is 6.31. The highest BCUT2D eigenvalue weighted by Gasteiger charge is 2.34. The third kappa shape index (κ3) is 5.44. The van der Waals surface area contributed by atoms with Crippen molar-refractivity contribution in [1.82, 2.24) is 14.8 Å². The normalized spacial score (nSPS) is 18.8. The van der Waals surface area contributed by atoms with Crippen LogP contribution in [0.15, 0.2) is 73.1 Å². The first-order valence-electron chi connectivity index (χ1n) is 12.0. The second kappa shape index (κ2) is 10.0. The van der Waals surface area contributed by atoms with Gasteiger partial charge >= 0.3 is 0 Å². The minimum atomic E-state index is -0.758. The maximum atomic E-state index is 11.1. The van der Waals surface area contributed by atoms with E-state index < -0.39 is 5.60 Å².